The lowest BCUT2D eigenvalue weighted by Crippen LogP contribution is -2.22. The van der Waals surface area contributed by atoms with E-state index in [1.54, 1.807) is 16.8 Å². The molecule has 2 N–H and O–H groups in total. The van der Waals surface area contributed by atoms with E-state index in [0.717, 1.165) is 20.9 Å². The van der Waals surface area contributed by atoms with Crippen molar-refractivity contribution in [2.24, 2.45) is 0 Å². The third-order valence-corrected chi connectivity index (χ3v) is 6.70. The molecule has 162 valence electrons. The Morgan fingerprint density at radius 3 is 2.36 bits per heavy atom. The number of nitrogens with zero attached hydrogens (tertiary/aromatic N) is 6. The van der Waals surface area contributed by atoms with Crippen molar-refractivity contribution in [3.8, 4) is 23.3 Å². The zero-order chi connectivity index (χ0) is 22.9. The van der Waals surface area contributed by atoms with Gasteiger partial charge in [0.25, 0.3) is 0 Å². The Bertz CT molecular complexity index is 1410. The molecule has 5 rings (SSSR count). The highest BCUT2D eigenvalue weighted by atomic mass is 32.2. The Kier molecular flexibility index (Phi) is 5.45. The van der Waals surface area contributed by atoms with E-state index in [9.17, 15) is 20.7 Å². The summed E-state index contributed by atoms with van der Waals surface area (Å²) in [5, 5.41) is 43.0. The van der Waals surface area contributed by atoms with E-state index in [-0.39, 0.29) is 0 Å². The molecule has 1 aliphatic heterocycles. The first kappa shape index (κ1) is 21.0. The molecular weight excluding hydrogens is 436 g/mol. The molecule has 4 aromatic rings. The number of hydrogen-bond donors (Lipinski definition) is 2. The van der Waals surface area contributed by atoms with E-state index in [1.807, 2.05) is 47.5 Å². The average Bonchev–Trinajstić information content (AvgIpc) is 3.42. The van der Waals surface area contributed by atoms with Crippen LogP contribution in [-0.2, 0) is 0 Å². The molecule has 0 amide bonds. The maximum absolute atomic E-state index is 9.80. The molecule has 2 atom stereocenters. The minimum atomic E-state index is -0.779. The van der Waals surface area contributed by atoms with Gasteiger partial charge in [0, 0.05) is 46.4 Å². The van der Waals surface area contributed by atoms with Gasteiger partial charge in [-0.05, 0) is 30.3 Å². The van der Waals surface area contributed by atoms with Crippen LogP contribution in [0.25, 0.3) is 16.6 Å². The summed E-state index contributed by atoms with van der Waals surface area (Å²) in [5.41, 5.74) is 3.41. The molecule has 1 aromatic carbocycles. The fraction of sp³-hybridized carbons (Fsp3) is 0.167. The van der Waals surface area contributed by atoms with Crippen molar-refractivity contribution in [3.05, 3.63) is 72.2 Å². The molecule has 33 heavy (non-hydrogen) atoms. The molecule has 1 aliphatic rings. The number of hydrogen-bond acceptors (Lipinski definition) is 8. The van der Waals surface area contributed by atoms with E-state index in [4.69, 9.17) is 0 Å². The standard InChI is InChI=1S/C24H18N6O2S/c25-8-15-3-1-2-4-21(15)33-22-7-17(12-30-24(22)18(9-26)11-28-30)16-5-6-23(27-10-16)29-13-19(31)20(32)14-29/h1-7,10-12,19-20,31-32H,13-14H2. The van der Waals surface area contributed by atoms with Crippen molar-refractivity contribution in [2.45, 2.75) is 22.0 Å². The monoisotopic (exact) mass is 454 g/mol. The first-order valence-electron chi connectivity index (χ1n) is 10.2. The number of fused-ring (bicyclic) bond motifs is 1. The summed E-state index contributed by atoms with van der Waals surface area (Å²) in [4.78, 5) is 7.96. The predicted octanol–water partition coefficient (Wildman–Crippen LogP) is 2.83. The van der Waals surface area contributed by atoms with Gasteiger partial charge in [0.1, 0.15) is 18.0 Å². The Labute approximate surface area is 194 Å². The summed E-state index contributed by atoms with van der Waals surface area (Å²) in [6, 6.07) is 17.5. The molecule has 1 fully saturated rings. The fourth-order valence-electron chi connectivity index (χ4n) is 3.87. The van der Waals surface area contributed by atoms with Crippen LogP contribution in [0.2, 0.25) is 0 Å². The molecule has 8 nitrogen and oxygen atoms in total. The molecular formula is C24H18N6O2S. The topological polar surface area (TPSA) is 121 Å². The number of aliphatic hydroxyl groups excluding tert-OH is 2. The van der Waals surface area contributed by atoms with Gasteiger partial charge in [0.15, 0.2) is 0 Å². The van der Waals surface area contributed by atoms with Gasteiger partial charge in [-0.2, -0.15) is 15.6 Å². The number of aromatic nitrogens is 3. The third kappa shape index (κ3) is 3.90. The van der Waals surface area contributed by atoms with E-state index in [1.165, 1.54) is 18.0 Å². The number of rotatable bonds is 4. The number of aliphatic hydroxyl groups is 2. The van der Waals surface area contributed by atoms with Crippen molar-refractivity contribution in [1.82, 2.24) is 14.6 Å². The molecule has 0 saturated carbocycles. The van der Waals surface area contributed by atoms with Crippen molar-refractivity contribution in [1.29, 1.82) is 10.5 Å². The first-order valence-corrected chi connectivity index (χ1v) is 11.0. The third-order valence-electron chi connectivity index (χ3n) is 5.59. The highest BCUT2D eigenvalue weighted by molar-refractivity contribution is 7.99. The lowest BCUT2D eigenvalue weighted by Gasteiger charge is -2.16. The predicted molar refractivity (Wildman–Crippen MR) is 123 cm³/mol. The van der Waals surface area contributed by atoms with Gasteiger partial charge in [-0.15, -0.1) is 0 Å². The normalized spacial score (nSPS) is 17.8. The van der Waals surface area contributed by atoms with Gasteiger partial charge >= 0.3 is 0 Å². The van der Waals surface area contributed by atoms with Gasteiger partial charge in [0.05, 0.1) is 35.0 Å². The summed E-state index contributed by atoms with van der Waals surface area (Å²) < 4.78 is 1.67. The summed E-state index contributed by atoms with van der Waals surface area (Å²) in [6.07, 6.45) is 3.55. The van der Waals surface area contributed by atoms with Crippen LogP contribution in [0.5, 0.6) is 0 Å². The zero-order valence-electron chi connectivity index (χ0n) is 17.3. The van der Waals surface area contributed by atoms with Gasteiger partial charge in [-0.3, -0.25) is 0 Å². The maximum Gasteiger partial charge on any atom is 0.128 e. The molecule has 3 aromatic heterocycles. The second-order valence-electron chi connectivity index (χ2n) is 7.71. The minimum Gasteiger partial charge on any atom is -0.389 e. The molecule has 4 heterocycles. The minimum absolute atomic E-state index is 0.336. The maximum atomic E-state index is 9.80. The van der Waals surface area contributed by atoms with Crippen LogP contribution in [0, 0.1) is 22.7 Å². The van der Waals surface area contributed by atoms with Crippen molar-refractivity contribution >= 4 is 23.1 Å². The molecule has 9 heteroatoms. The van der Waals surface area contributed by atoms with E-state index >= 15 is 0 Å². The van der Waals surface area contributed by atoms with E-state index in [2.05, 4.69) is 22.2 Å². The van der Waals surface area contributed by atoms with Crippen LogP contribution in [0.15, 0.2) is 70.8 Å². The summed E-state index contributed by atoms with van der Waals surface area (Å²) in [6.45, 7) is 0.672. The van der Waals surface area contributed by atoms with E-state index in [0.29, 0.717) is 35.6 Å². The number of β-amino-alcohol motifs (C(OH)–C–C–N with tert-alkyl or cyclic N) is 2. The van der Waals surface area contributed by atoms with Crippen LogP contribution in [0.4, 0.5) is 5.82 Å². The lowest BCUT2D eigenvalue weighted by atomic mass is 10.1. The first-order chi connectivity index (χ1) is 16.1. The second kappa shape index (κ2) is 8.57. The van der Waals surface area contributed by atoms with Gasteiger partial charge in [-0.25, -0.2) is 9.50 Å². The number of benzene rings is 1. The Morgan fingerprint density at radius 1 is 0.909 bits per heavy atom. The molecule has 1 saturated heterocycles. The number of nitriles is 2. The molecule has 2 unspecified atom stereocenters. The number of pyridine rings is 2. The van der Waals surface area contributed by atoms with Gasteiger partial charge < -0.3 is 15.1 Å². The Hall–Kier alpha value is -3.89. The summed E-state index contributed by atoms with van der Waals surface area (Å²) in [7, 11) is 0. The zero-order valence-corrected chi connectivity index (χ0v) is 18.1. The van der Waals surface area contributed by atoms with Crippen molar-refractivity contribution < 1.29 is 10.2 Å². The van der Waals surface area contributed by atoms with Crippen LogP contribution < -0.4 is 4.90 Å². The van der Waals surface area contributed by atoms with Crippen molar-refractivity contribution in [3.63, 3.8) is 0 Å². The average molecular weight is 455 g/mol. The Balaban J connectivity index is 1.54. The molecule has 0 aliphatic carbocycles. The lowest BCUT2D eigenvalue weighted by molar-refractivity contribution is 0.0572. The molecule has 0 radical (unpaired) electrons. The molecule has 0 spiro atoms. The fourth-order valence-corrected chi connectivity index (χ4v) is 4.96. The van der Waals surface area contributed by atoms with Crippen LogP contribution in [0.1, 0.15) is 11.1 Å². The highest BCUT2D eigenvalue weighted by Gasteiger charge is 2.30. The SMILES string of the molecule is N#Cc1ccccc1Sc1cc(-c2ccc(N3CC(O)C(O)C3)nc2)cn2ncc(C#N)c12. The summed E-state index contributed by atoms with van der Waals surface area (Å²) in [5.74, 6) is 0.679. The quantitative estimate of drug-likeness (QED) is 0.483. The van der Waals surface area contributed by atoms with Gasteiger partial charge in [-0.1, -0.05) is 23.9 Å². The number of anilines is 1. The summed E-state index contributed by atoms with van der Waals surface area (Å²) >= 11 is 1.42. The largest absolute Gasteiger partial charge is 0.389 e. The second-order valence-corrected chi connectivity index (χ2v) is 8.79. The smallest absolute Gasteiger partial charge is 0.128 e. The van der Waals surface area contributed by atoms with Crippen LogP contribution in [0.3, 0.4) is 0 Å². The Morgan fingerprint density at radius 2 is 1.67 bits per heavy atom. The van der Waals surface area contributed by atoms with Gasteiger partial charge in [0.2, 0.25) is 0 Å². The van der Waals surface area contributed by atoms with E-state index < -0.39 is 12.2 Å². The van der Waals surface area contributed by atoms with Crippen LogP contribution in [-0.4, -0.2) is 50.1 Å². The highest BCUT2D eigenvalue weighted by Crippen LogP contribution is 2.37. The molecule has 0 bridgehead atoms. The van der Waals surface area contributed by atoms with Crippen LogP contribution >= 0.6 is 11.8 Å². The van der Waals surface area contributed by atoms with Crippen molar-refractivity contribution in [2.75, 3.05) is 18.0 Å².